The first-order chi connectivity index (χ1) is 11.3. The van der Waals surface area contributed by atoms with Crippen LogP contribution in [-0.2, 0) is 10.0 Å². The molecule has 0 aromatic heterocycles. The fourth-order valence-electron chi connectivity index (χ4n) is 3.09. The Morgan fingerprint density at radius 3 is 2.67 bits per heavy atom. The van der Waals surface area contributed by atoms with Gasteiger partial charge in [-0.25, -0.2) is 12.8 Å². The molecule has 0 N–H and O–H groups in total. The van der Waals surface area contributed by atoms with Crippen molar-refractivity contribution in [2.45, 2.75) is 30.2 Å². The standard InChI is InChI=1S/C17H28FN3O2S/c1-19(2)10-6-11-20(3)16-8-5-12-21(14-16)24(22,23)17-9-4-7-15(18)13-17/h4,7,9,13,16H,5-6,8,10-12,14H2,1-3H3. The molecular formula is C17H28FN3O2S. The molecule has 0 saturated carbocycles. The maximum atomic E-state index is 13.4. The van der Waals surface area contributed by atoms with E-state index in [1.165, 1.54) is 22.5 Å². The Morgan fingerprint density at radius 1 is 1.25 bits per heavy atom. The van der Waals surface area contributed by atoms with E-state index in [9.17, 15) is 12.8 Å². The molecular weight excluding hydrogens is 329 g/mol. The van der Waals surface area contributed by atoms with Gasteiger partial charge in [-0.2, -0.15) is 4.31 Å². The molecule has 1 aliphatic rings. The highest BCUT2D eigenvalue weighted by molar-refractivity contribution is 7.89. The number of rotatable bonds is 7. The number of sulfonamides is 1. The van der Waals surface area contributed by atoms with Crippen molar-refractivity contribution >= 4 is 10.0 Å². The second-order valence-electron chi connectivity index (χ2n) is 6.75. The Labute approximate surface area is 145 Å². The lowest BCUT2D eigenvalue weighted by Gasteiger charge is -2.37. The molecule has 1 atom stereocenters. The van der Waals surface area contributed by atoms with Gasteiger partial charge in [0.2, 0.25) is 10.0 Å². The Balaban J connectivity index is 2.01. The Morgan fingerprint density at radius 2 is 2.00 bits per heavy atom. The van der Waals surface area contributed by atoms with Gasteiger partial charge in [-0.3, -0.25) is 0 Å². The van der Waals surface area contributed by atoms with Gasteiger partial charge in [0.25, 0.3) is 0 Å². The molecule has 24 heavy (non-hydrogen) atoms. The first-order valence-electron chi connectivity index (χ1n) is 8.41. The van der Waals surface area contributed by atoms with Crippen molar-refractivity contribution < 1.29 is 12.8 Å². The average molecular weight is 357 g/mol. The maximum Gasteiger partial charge on any atom is 0.243 e. The third kappa shape index (κ3) is 4.99. The molecule has 0 spiro atoms. The first-order valence-corrected chi connectivity index (χ1v) is 9.85. The molecule has 1 aliphatic heterocycles. The molecule has 1 aromatic carbocycles. The minimum absolute atomic E-state index is 0.0402. The highest BCUT2D eigenvalue weighted by Crippen LogP contribution is 2.23. The predicted molar refractivity (Wildman–Crippen MR) is 94.0 cm³/mol. The number of hydrogen-bond donors (Lipinski definition) is 0. The van der Waals surface area contributed by atoms with Gasteiger partial charge in [0.1, 0.15) is 5.82 Å². The van der Waals surface area contributed by atoms with Crippen molar-refractivity contribution in [3.63, 3.8) is 0 Å². The van der Waals surface area contributed by atoms with Crippen molar-refractivity contribution in [2.24, 2.45) is 0 Å². The second-order valence-corrected chi connectivity index (χ2v) is 8.69. The second kappa shape index (κ2) is 8.38. The number of nitrogens with zero attached hydrogens (tertiary/aromatic N) is 3. The van der Waals surface area contributed by atoms with Gasteiger partial charge in [-0.05, 0) is 71.7 Å². The maximum absolute atomic E-state index is 13.4. The van der Waals surface area contributed by atoms with E-state index >= 15 is 0 Å². The molecule has 136 valence electrons. The van der Waals surface area contributed by atoms with Gasteiger partial charge in [0.15, 0.2) is 0 Å². The normalized spacial score (nSPS) is 20.0. The number of halogens is 1. The summed E-state index contributed by atoms with van der Waals surface area (Å²) in [4.78, 5) is 4.44. The highest BCUT2D eigenvalue weighted by atomic mass is 32.2. The van der Waals surface area contributed by atoms with Gasteiger partial charge < -0.3 is 9.80 Å². The lowest BCUT2D eigenvalue weighted by Crippen LogP contribution is -2.48. The van der Waals surface area contributed by atoms with Crippen molar-refractivity contribution in [1.29, 1.82) is 0 Å². The molecule has 1 heterocycles. The lowest BCUT2D eigenvalue weighted by molar-refractivity contribution is 0.158. The topological polar surface area (TPSA) is 43.9 Å². The van der Waals surface area contributed by atoms with Crippen molar-refractivity contribution in [2.75, 3.05) is 47.3 Å². The summed E-state index contributed by atoms with van der Waals surface area (Å²) in [7, 11) is 2.53. The Kier molecular flexibility index (Phi) is 6.74. The van der Waals surface area contributed by atoms with Crippen LogP contribution in [0.3, 0.4) is 0 Å². The summed E-state index contributed by atoms with van der Waals surface area (Å²) in [5.74, 6) is -0.523. The molecule has 1 unspecified atom stereocenters. The van der Waals surface area contributed by atoms with Crippen molar-refractivity contribution in [3.8, 4) is 0 Å². The monoisotopic (exact) mass is 357 g/mol. The van der Waals surface area contributed by atoms with Crippen LogP contribution < -0.4 is 0 Å². The smallest absolute Gasteiger partial charge is 0.243 e. The molecule has 0 amide bonds. The third-order valence-electron chi connectivity index (χ3n) is 4.53. The predicted octanol–water partition coefficient (Wildman–Crippen LogP) is 1.86. The minimum Gasteiger partial charge on any atom is -0.309 e. The van der Waals surface area contributed by atoms with Crippen LogP contribution in [0.15, 0.2) is 29.2 Å². The van der Waals surface area contributed by atoms with Gasteiger partial charge in [0, 0.05) is 19.1 Å². The summed E-state index contributed by atoms with van der Waals surface area (Å²) < 4.78 is 40.4. The van der Waals surface area contributed by atoms with Gasteiger partial charge >= 0.3 is 0 Å². The SMILES string of the molecule is CN(C)CCCN(C)C1CCCN(S(=O)(=O)c2cccc(F)c2)C1. The molecule has 0 bridgehead atoms. The van der Waals surface area contributed by atoms with Gasteiger partial charge in [-0.15, -0.1) is 0 Å². The summed E-state index contributed by atoms with van der Waals surface area (Å²) in [6.45, 7) is 2.93. The van der Waals surface area contributed by atoms with Crippen LogP contribution in [0.2, 0.25) is 0 Å². The summed E-state index contributed by atoms with van der Waals surface area (Å²) >= 11 is 0. The minimum atomic E-state index is -3.63. The number of likely N-dealkylation sites (N-methyl/N-ethyl adjacent to an activating group) is 1. The fraction of sp³-hybridized carbons (Fsp3) is 0.647. The molecule has 5 nitrogen and oxygen atoms in total. The van der Waals surface area contributed by atoms with Crippen molar-refractivity contribution in [1.82, 2.24) is 14.1 Å². The van der Waals surface area contributed by atoms with Crippen LogP contribution >= 0.6 is 0 Å². The molecule has 2 rings (SSSR count). The van der Waals surface area contributed by atoms with Crippen LogP contribution in [0.1, 0.15) is 19.3 Å². The lowest BCUT2D eigenvalue weighted by atomic mass is 10.1. The molecule has 1 saturated heterocycles. The number of piperidine rings is 1. The molecule has 7 heteroatoms. The Bertz CT molecular complexity index is 636. The van der Waals surface area contributed by atoms with Gasteiger partial charge in [-0.1, -0.05) is 6.07 Å². The Hall–Kier alpha value is -1.02. The fourth-order valence-corrected chi connectivity index (χ4v) is 4.64. The van der Waals surface area contributed by atoms with Crippen LogP contribution in [-0.4, -0.2) is 75.9 Å². The molecule has 0 aliphatic carbocycles. The van der Waals surface area contributed by atoms with Gasteiger partial charge in [0.05, 0.1) is 4.90 Å². The zero-order valence-corrected chi connectivity index (χ0v) is 15.6. The average Bonchev–Trinajstić information content (AvgIpc) is 2.54. The molecule has 1 aromatic rings. The molecule has 0 radical (unpaired) electrons. The quantitative estimate of drug-likeness (QED) is 0.747. The van der Waals surface area contributed by atoms with E-state index < -0.39 is 15.8 Å². The summed E-state index contributed by atoms with van der Waals surface area (Å²) in [5, 5.41) is 0. The summed E-state index contributed by atoms with van der Waals surface area (Å²) in [6, 6.07) is 5.47. The van der Waals surface area contributed by atoms with Crippen LogP contribution in [0, 0.1) is 5.82 Å². The van der Waals surface area contributed by atoms with E-state index in [0.717, 1.165) is 38.4 Å². The van der Waals surface area contributed by atoms with E-state index in [2.05, 4.69) is 16.8 Å². The molecule has 1 fully saturated rings. The van der Waals surface area contributed by atoms with E-state index in [-0.39, 0.29) is 10.9 Å². The van der Waals surface area contributed by atoms with E-state index in [1.54, 1.807) is 0 Å². The summed E-state index contributed by atoms with van der Waals surface area (Å²) in [5.41, 5.74) is 0. The van der Waals surface area contributed by atoms with E-state index in [1.807, 2.05) is 14.1 Å². The van der Waals surface area contributed by atoms with Crippen molar-refractivity contribution in [3.05, 3.63) is 30.1 Å². The van der Waals surface area contributed by atoms with E-state index in [4.69, 9.17) is 0 Å². The third-order valence-corrected chi connectivity index (χ3v) is 6.39. The van der Waals surface area contributed by atoms with Crippen LogP contribution in [0.4, 0.5) is 4.39 Å². The number of hydrogen-bond acceptors (Lipinski definition) is 4. The number of benzene rings is 1. The first kappa shape index (κ1) is 19.3. The van der Waals surface area contributed by atoms with Crippen LogP contribution in [0.25, 0.3) is 0 Å². The van der Waals surface area contributed by atoms with E-state index in [0.29, 0.717) is 13.1 Å². The zero-order valence-electron chi connectivity index (χ0n) is 14.8. The zero-order chi connectivity index (χ0) is 17.7. The summed E-state index contributed by atoms with van der Waals surface area (Å²) in [6.07, 6.45) is 2.88. The highest BCUT2D eigenvalue weighted by Gasteiger charge is 2.31. The largest absolute Gasteiger partial charge is 0.309 e. The van der Waals surface area contributed by atoms with Crippen LogP contribution in [0.5, 0.6) is 0 Å².